The summed E-state index contributed by atoms with van der Waals surface area (Å²) in [6, 6.07) is 10.1. The van der Waals surface area contributed by atoms with Gasteiger partial charge in [-0.3, -0.25) is 0 Å². The van der Waals surface area contributed by atoms with E-state index in [1.165, 1.54) is 89.9 Å². The Morgan fingerprint density at radius 1 is 0.743 bits per heavy atom. The molecule has 4 heteroatoms. The minimum Gasteiger partial charge on any atom is -0.494 e. The fraction of sp³-hybridized carbons (Fsp3) is 0.677. The predicted octanol–water partition coefficient (Wildman–Crippen LogP) is 9.10. The summed E-state index contributed by atoms with van der Waals surface area (Å²) in [5, 5.41) is 0. The Balaban J connectivity index is 1.32. The van der Waals surface area contributed by atoms with E-state index in [1.54, 1.807) is 0 Å². The van der Waals surface area contributed by atoms with Crippen LogP contribution in [0.25, 0.3) is 11.4 Å². The Bertz CT molecular complexity index is 815. The molecule has 194 valence electrons. The van der Waals surface area contributed by atoms with Gasteiger partial charge in [0, 0.05) is 17.3 Å². The predicted molar refractivity (Wildman–Crippen MR) is 146 cm³/mol. The molecule has 0 atom stereocenters. The zero-order valence-electron chi connectivity index (χ0n) is 22.4. The van der Waals surface area contributed by atoms with Crippen molar-refractivity contribution < 1.29 is 9.47 Å². The first-order valence-electron chi connectivity index (χ1n) is 14.5. The van der Waals surface area contributed by atoms with Crippen LogP contribution in [-0.4, -0.2) is 23.2 Å². The van der Waals surface area contributed by atoms with Crippen molar-refractivity contribution >= 4 is 0 Å². The molecule has 1 heterocycles. The molecule has 0 aliphatic heterocycles. The molecular formula is C31H48N2O2. The molecule has 0 saturated heterocycles. The van der Waals surface area contributed by atoms with Crippen LogP contribution >= 0.6 is 0 Å². The van der Waals surface area contributed by atoms with E-state index in [0.717, 1.165) is 49.0 Å². The van der Waals surface area contributed by atoms with Crippen LogP contribution in [0.4, 0.5) is 0 Å². The molecule has 0 radical (unpaired) electrons. The summed E-state index contributed by atoms with van der Waals surface area (Å²) in [7, 11) is 0. The number of unbranched alkanes of at least 4 members (excludes halogenated alkanes) is 9. The van der Waals surface area contributed by atoms with Crippen LogP contribution in [0.3, 0.4) is 0 Å². The Labute approximate surface area is 214 Å². The van der Waals surface area contributed by atoms with Gasteiger partial charge in [-0.15, -0.1) is 0 Å². The normalized spacial score (nSPS) is 13.9. The van der Waals surface area contributed by atoms with Crippen molar-refractivity contribution in [3.8, 4) is 23.0 Å². The summed E-state index contributed by atoms with van der Waals surface area (Å²) >= 11 is 0. The van der Waals surface area contributed by atoms with Crippen molar-refractivity contribution in [2.45, 2.75) is 117 Å². The average molecular weight is 481 g/mol. The molecule has 1 aliphatic carbocycles. The number of rotatable bonds is 18. The van der Waals surface area contributed by atoms with Crippen LogP contribution in [0.2, 0.25) is 0 Å². The lowest BCUT2D eigenvalue weighted by Crippen LogP contribution is -2.02. The van der Waals surface area contributed by atoms with E-state index in [4.69, 9.17) is 9.47 Å². The van der Waals surface area contributed by atoms with E-state index in [9.17, 15) is 0 Å². The Hall–Kier alpha value is -2.10. The van der Waals surface area contributed by atoms with Gasteiger partial charge >= 0.3 is 0 Å². The van der Waals surface area contributed by atoms with Crippen LogP contribution in [0.15, 0.2) is 30.3 Å². The standard InChI is InChI=1S/C31H48N2O2/c1-3-4-5-6-9-15-24-35-30-25-26(2)32-31(33-30)28-19-21-29(22-20-28)34-23-14-10-7-8-11-16-27-17-12-13-18-27/h19-22,25,27H,3-18,23-24H2,1-2H3. The molecule has 1 aromatic heterocycles. The second-order valence-corrected chi connectivity index (χ2v) is 10.4. The number of nitrogens with zero attached hydrogens (tertiary/aromatic N) is 2. The van der Waals surface area contributed by atoms with Crippen LogP contribution in [-0.2, 0) is 0 Å². The summed E-state index contributed by atoms with van der Waals surface area (Å²) in [5.74, 6) is 3.34. The second-order valence-electron chi connectivity index (χ2n) is 10.4. The van der Waals surface area contributed by atoms with E-state index in [1.807, 2.05) is 37.3 Å². The number of hydrogen-bond donors (Lipinski definition) is 0. The summed E-state index contributed by atoms with van der Waals surface area (Å²) in [4.78, 5) is 9.26. The van der Waals surface area contributed by atoms with Crippen LogP contribution in [0, 0.1) is 12.8 Å². The van der Waals surface area contributed by atoms with E-state index >= 15 is 0 Å². The van der Waals surface area contributed by atoms with Gasteiger partial charge in [0.1, 0.15) is 5.75 Å². The minimum absolute atomic E-state index is 0.671. The first-order chi connectivity index (χ1) is 17.2. The van der Waals surface area contributed by atoms with Gasteiger partial charge in [-0.05, 0) is 49.9 Å². The molecule has 1 aromatic carbocycles. The van der Waals surface area contributed by atoms with Gasteiger partial charge < -0.3 is 9.47 Å². The van der Waals surface area contributed by atoms with Gasteiger partial charge in [-0.2, -0.15) is 4.98 Å². The third-order valence-electron chi connectivity index (χ3n) is 7.19. The maximum atomic E-state index is 5.97. The van der Waals surface area contributed by atoms with Crippen molar-refractivity contribution in [2.24, 2.45) is 5.92 Å². The third-order valence-corrected chi connectivity index (χ3v) is 7.19. The summed E-state index contributed by atoms with van der Waals surface area (Å²) in [6.45, 7) is 5.75. The molecule has 1 saturated carbocycles. The zero-order valence-corrected chi connectivity index (χ0v) is 22.4. The molecule has 0 amide bonds. The first kappa shape index (κ1) is 27.5. The van der Waals surface area contributed by atoms with Crippen molar-refractivity contribution in [3.05, 3.63) is 36.0 Å². The maximum Gasteiger partial charge on any atom is 0.217 e. The van der Waals surface area contributed by atoms with Crippen LogP contribution < -0.4 is 9.47 Å². The number of hydrogen-bond acceptors (Lipinski definition) is 4. The van der Waals surface area contributed by atoms with Crippen molar-refractivity contribution in [2.75, 3.05) is 13.2 Å². The lowest BCUT2D eigenvalue weighted by molar-refractivity contribution is 0.293. The van der Waals surface area contributed by atoms with Gasteiger partial charge in [-0.1, -0.05) is 96.8 Å². The molecule has 0 bridgehead atoms. The molecule has 0 unspecified atom stereocenters. The van der Waals surface area contributed by atoms with Gasteiger partial charge in [0.15, 0.2) is 5.82 Å². The number of aryl methyl sites for hydroxylation is 1. The molecule has 1 aliphatic rings. The number of benzene rings is 1. The highest BCUT2D eigenvalue weighted by Gasteiger charge is 2.13. The summed E-state index contributed by atoms with van der Waals surface area (Å²) in [5.41, 5.74) is 1.92. The highest BCUT2D eigenvalue weighted by atomic mass is 16.5. The van der Waals surface area contributed by atoms with Gasteiger partial charge in [-0.25, -0.2) is 4.98 Å². The molecule has 35 heavy (non-hydrogen) atoms. The third kappa shape index (κ3) is 11.0. The van der Waals surface area contributed by atoms with E-state index in [0.29, 0.717) is 11.7 Å². The largest absolute Gasteiger partial charge is 0.494 e. The molecule has 2 aromatic rings. The SMILES string of the molecule is CCCCCCCCOc1cc(C)nc(-c2ccc(OCCCCCCCC3CCCC3)cc2)n1. The number of ether oxygens (including phenoxy) is 2. The fourth-order valence-electron chi connectivity index (χ4n) is 5.06. The molecule has 0 spiro atoms. The number of aromatic nitrogens is 2. The molecule has 3 rings (SSSR count). The Morgan fingerprint density at radius 2 is 1.37 bits per heavy atom. The molecule has 4 nitrogen and oxygen atoms in total. The Kier molecular flexibility index (Phi) is 13.0. The maximum absolute atomic E-state index is 5.97. The van der Waals surface area contributed by atoms with Crippen molar-refractivity contribution in [3.63, 3.8) is 0 Å². The van der Waals surface area contributed by atoms with E-state index in [2.05, 4.69) is 16.9 Å². The monoisotopic (exact) mass is 480 g/mol. The lowest BCUT2D eigenvalue weighted by Gasteiger charge is -2.10. The van der Waals surface area contributed by atoms with Crippen LogP contribution in [0.5, 0.6) is 11.6 Å². The topological polar surface area (TPSA) is 44.2 Å². The van der Waals surface area contributed by atoms with Gasteiger partial charge in [0.25, 0.3) is 0 Å². The fourth-order valence-corrected chi connectivity index (χ4v) is 5.06. The van der Waals surface area contributed by atoms with E-state index in [-0.39, 0.29) is 0 Å². The van der Waals surface area contributed by atoms with Crippen molar-refractivity contribution in [1.29, 1.82) is 0 Å². The van der Waals surface area contributed by atoms with Gasteiger partial charge in [0.2, 0.25) is 5.88 Å². The summed E-state index contributed by atoms with van der Waals surface area (Å²) < 4.78 is 11.9. The first-order valence-corrected chi connectivity index (χ1v) is 14.5. The molecular weight excluding hydrogens is 432 g/mol. The zero-order chi connectivity index (χ0) is 24.6. The van der Waals surface area contributed by atoms with Crippen LogP contribution in [0.1, 0.15) is 115 Å². The highest BCUT2D eigenvalue weighted by Crippen LogP contribution is 2.29. The summed E-state index contributed by atoms with van der Waals surface area (Å²) in [6.07, 6.45) is 21.4. The molecule has 0 N–H and O–H groups in total. The Morgan fingerprint density at radius 3 is 2.09 bits per heavy atom. The lowest BCUT2D eigenvalue weighted by atomic mass is 9.99. The second kappa shape index (κ2) is 16.5. The van der Waals surface area contributed by atoms with Gasteiger partial charge in [0.05, 0.1) is 13.2 Å². The minimum atomic E-state index is 0.671. The smallest absolute Gasteiger partial charge is 0.217 e. The van der Waals surface area contributed by atoms with Crippen molar-refractivity contribution in [1.82, 2.24) is 9.97 Å². The highest BCUT2D eigenvalue weighted by molar-refractivity contribution is 5.56. The average Bonchev–Trinajstić information content (AvgIpc) is 3.39. The molecule has 1 fully saturated rings. The van der Waals surface area contributed by atoms with E-state index < -0.39 is 0 Å². The quantitative estimate of drug-likeness (QED) is 0.200.